The number of amides is 1. The van der Waals surface area contributed by atoms with E-state index in [1.807, 2.05) is 42.6 Å². The van der Waals surface area contributed by atoms with Gasteiger partial charge in [0, 0.05) is 40.8 Å². The number of benzene rings is 3. The van der Waals surface area contributed by atoms with E-state index in [-0.39, 0.29) is 11.8 Å². The minimum absolute atomic E-state index is 0.0429. The average molecular weight is 434 g/mol. The van der Waals surface area contributed by atoms with Crippen LogP contribution in [0.3, 0.4) is 0 Å². The first-order valence-electron chi connectivity index (χ1n) is 9.88. The smallest absolute Gasteiger partial charge is 0.251 e. The van der Waals surface area contributed by atoms with Crippen molar-refractivity contribution in [1.82, 2.24) is 10.3 Å². The van der Waals surface area contributed by atoms with Crippen LogP contribution in [0.25, 0.3) is 10.9 Å². The van der Waals surface area contributed by atoms with Gasteiger partial charge in [-0.1, -0.05) is 54.6 Å². The molecule has 3 N–H and O–H groups in total. The number of aromatic nitrogens is 1. The van der Waals surface area contributed by atoms with Crippen molar-refractivity contribution < 1.29 is 13.2 Å². The summed E-state index contributed by atoms with van der Waals surface area (Å²) in [6.07, 6.45) is 3.07. The Hall–Kier alpha value is -3.58. The average Bonchev–Trinajstić information content (AvgIpc) is 3.18. The number of hydrogen-bond donors (Lipinski definition) is 3. The lowest BCUT2D eigenvalue weighted by molar-refractivity contribution is 0.0952. The van der Waals surface area contributed by atoms with Crippen molar-refractivity contribution in [2.45, 2.75) is 5.92 Å². The standard InChI is InChI=1S/C24H23N3O3S/c1-31(29,30)27-19-11-7-10-18(14-19)24(28)26-15-21(17-8-3-2-4-9-17)22-16-25-23-13-6-5-12-20(22)23/h2-14,16,21,25,27H,15H2,1H3,(H,26,28). The monoisotopic (exact) mass is 433 g/mol. The zero-order chi connectivity index (χ0) is 21.8. The van der Waals surface area contributed by atoms with Crippen LogP contribution >= 0.6 is 0 Å². The number of para-hydroxylation sites is 1. The number of H-pyrrole nitrogens is 1. The number of nitrogens with one attached hydrogen (secondary N) is 3. The lowest BCUT2D eigenvalue weighted by Gasteiger charge is -2.18. The molecule has 1 unspecified atom stereocenters. The van der Waals surface area contributed by atoms with Gasteiger partial charge in [0.05, 0.1) is 6.26 Å². The molecule has 3 aromatic carbocycles. The maximum atomic E-state index is 12.8. The largest absolute Gasteiger partial charge is 0.361 e. The number of carbonyl (C=O) groups is 1. The Balaban J connectivity index is 1.59. The van der Waals surface area contributed by atoms with Crippen LogP contribution in [0.15, 0.2) is 85.1 Å². The van der Waals surface area contributed by atoms with Crippen LogP contribution in [0.1, 0.15) is 27.4 Å². The maximum absolute atomic E-state index is 12.8. The quantitative estimate of drug-likeness (QED) is 0.410. The van der Waals surface area contributed by atoms with Crippen LogP contribution in [-0.4, -0.2) is 32.1 Å². The van der Waals surface area contributed by atoms with Crippen LogP contribution in [0.2, 0.25) is 0 Å². The molecular formula is C24H23N3O3S. The molecule has 1 atom stereocenters. The number of hydrogen-bond acceptors (Lipinski definition) is 3. The Morgan fingerprint density at radius 1 is 0.968 bits per heavy atom. The summed E-state index contributed by atoms with van der Waals surface area (Å²) in [5.74, 6) is -0.309. The van der Waals surface area contributed by atoms with E-state index in [2.05, 4.69) is 33.2 Å². The van der Waals surface area contributed by atoms with E-state index < -0.39 is 10.0 Å². The predicted octanol–water partition coefficient (Wildman–Crippen LogP) is 4.10. The first-order chi connectivity index (χ1) is 14.9. The third-order valence-corrected chi connectivity index (χ3v) is 5.70. The third kappa shape index (κ3) is 4.95. The fourth-order valence-corrected chi connectivity index (χ4v) is 4.26. The number of anilines is 1. The number of aromatic amines is 1. The van der Waals surface area contributed by atoms with E-state index in [9.17, 15) is 13.2 Å². The molecule has 0 spiro atoms. The molecule has 7 heteroatoms. The van der Waals surface area contributed by atoms with E-state index >= 15 is 0 Å². The zero-order valence-electron chi connectivity index (χ0n) is 17.0. The highest BCUT2D eigenvalue weighted by Crippen LogP contribution is 2.30. The van der Waals surface area contributed by atoms with Crippen molar-refractivity contribution in [2.75, 3.05) is 17.5 Å². The van der Waals surface area contributed by atoms with Gasteiger partial charge in [0.25, 0.3) is 5.91 Å². The summed E-state index contributed by atoms with van der Waals surface area (Å²) in [7, 11) is -3.42. The Bertz CT molecular complexity index is 1310. The Morgan fingerprint density at radius 3 is 2.48 bits per heavy atom. The van der Waals surface area contributed by atoms with Gasteiger partial charge < -0.3 is 10.3 Å². The van der Waals surface area contributed by atoms with Gasteiger partial charge in [-0.05, 0) is 35.4 Å². The molecule has 0 bridgehead atoms. The molecule has 0 fully saturated rings. The lowest BCUT2D eigenvalue weighted by atomic mass is 9.91. The highest BCUT2D eigenvalue weighted by molar-refractivity contribution is 7.92. The molecule has 4 aromatic rings. The molecule has 31 heavy (non-hydrogen) atoms. The van der Waals surface area contributed by atoms with E-state index in [0.717, 1.165) is 28.3 Å². The predicted molar refractivity (Wildman–Crippen MR) is 124 cm³/mol. The highest BCUT2D eigenvalue weighted by atomic mass is 32.2. The van der Waals surface area contributed by atoms with Gasteiger partial charge in [-0.15, -0.1) is 0 Å². The Morgan fingerprint density at radius 2 is 1.71 bits per heavy atom. The van der Waals surface area contributed by atoms with Crippen molar-refractivity contribution in [1.29, 1.82) is 0 Å². The molecule has 158 valence electrons. The van der Waals surface area contributed by atoms with Crippen molar-refractivity contribution in [3.8, 4) is 0 Å². The summed E-state index contributed by atoms with van der Waals surface area (Å²) in [5, 5.41) is 4.13. The van der Waals surface area contributed by atoms with Crippen molar-refractivity contribution in [3.63, 3.8) is 0 Å². The summed E-state index contributed by atoms with van der Waals surface area (Å²) < 4.78 is 25.4. The second-order valence-corrected chi connectivity index (χ2v) is 9.17. The third-order valence-electron chi connectivity index (χ3n) is 5.09. The van der Waals surface area contributed by atoms with Gasteiger partial charge >= 0.3 is 0 Å². The SMILES string of the molecule is CS(=O)(=O)Nc1cccc(C(=O)NCC(c2ccccc2)c2c[nH]c3ccccc23)c1. The summed E-state index contributed by atoms with van der Waals surface area (Å²) in [6, 6.07) is 24.6. The van der Waals surface area contributed by atoms with Crippen LogP contribution in [0, 0.1) is 0 Å². The molecule has 0 radical (unpaired) electrons. The number of carbonyl (C=O) groups excluding carboxylic acids is 1. The van der Waals surface area contributed by atoms with Gasteiger partial charge in [0.1, 0.15) is 0 Å². The molecule has 6 nitrogen and oxygen atoms in total. The molecule has 0 saturated carbocycles. The van der Waals surface area contributed by atoms with Crippen LogP contribution in [-0.2, 0) is 10.0 Å². The minimum Gasteiger partial charge on any atom is -0.361 e. The fourth-order valence-electron chi connectivity index (χ4n) is 3.71. The summed E-state index contributed by atoms with van der Waals surface area (Å²) >= 11 is 0. The fraction of sp³-hybridized carbons (Fsp3) is 0.125. The highest BCUT2D eigenvalue weighted by Gasteiger charge is 2.19. The van der Waals surface area contributed by atoms with Crippen molar-refractivity contribution in [3.05, 3.63) is 102 Å². The zero-order valence-corrected chi connectivity index (χ0v) is 17.8. The van der Waals surface area contributed by atoms with E-state index in [1.165, 1.54) is 6.07 Å². The molecule has 0 aliphatic carbocycles. The van der Waals surface area contributed by atoms with Crippen LogP contribution < -0.4 is 10.0 Å². The van der Waals surface area contributed by atoms with Crippen LogP contribution in [0.4, 0.5) is 5.69 Å². The molecule has 4 rings (SSSR count). The van der Waals surface area contributed by atoms with Gasteiger partial charge in [-0.25, -0.2) is 8.42 Å². The van der Waals surface area contributed by atoms with Crippen molar-refractivity contribution >= 4 is 32.5 Å². The second-order valence-electron chi connectivity index (χ2n) is 7.42. The number of fused-ring (bicyclic) bond motifs is 1. The Kier molecular flexibility index (Phi) is 5.77. The number of sulfonamides is 1. The number of rotatable bonds is 7. The van der Waals surface area contributed by atoms with Gasteiger partial charge in [0.2, 0.25) is 10.0 Å². The van der Waals surface area contributed by atoms with Crippen molar-refractivity contribution in [2.24, 2.45) is 0 Å². The van der Waals surface area contributed by atoms with E-state index in [4.69, 9.17) is 0 Å². The van der Waals surface area contributed by atoms with E-state index in [1.54, 1.807) is 18.2 Å². The molecule has 0 aliphatic rings. The first kappa shape index (κ1) is 20.7. The molecule has 1 aromatic heterocycles. The molecule has 1 heterocycles. The normalized spacial score (nSPS) is 12.4. The van der Waals surface area contributed by atoms with Gasteiger partial charge in [-0.2, -0.15) is 0 Å². The van der Waals surface area contributed by atoms with Gasteiger partial charge in [0.15, 0.2) is 0 Å². The lowest BCUT2D eigenvalue weighted by Crippen LogP contribution is -2.29. The summed E-state index contributed by atoms with van der Waals surface area (Å²) in [4.78, 5) is 16.1. The molecule has 1 amide bonds. The summed E-state index contributed by atoms with van der Waals surface area (Å²) in [6.45, 7) is 0.397. The maximum Gasteiger partial charge on any atom is 0.251 e. The van der Waals surface area contributed by atoms with Gasteiger partial charge in [-0.3, -0.25) is 9.52 Å². The van der Waals surface area contributed by atoms with E-state index in [0.29, 0.717) is 17.8 Å². The first-order valence-corrected chi connectivity index (χ1v) is 11.8. The minimum atomic E-state index is -3.42. The second kappa shape index (κ2) is 8.65. The summed E-state index contributed by atoms with van der Waals surface area (Å²) in [5.41, 5.74) is 3.99. The molecule has 0 saturated heterocycles. The molecule has 0 aliphatic heterocycles. The molecular weight excluding hydrogens is 410 g/mol. The van der Waals surface area contributed by atoms with Crippen LogP contribution in [0.5, 0.6) is 0 Å². The topological polar surface area (TPSA) is 91.1 Å². The Labute approximate surface area is 181 Å².